The van der Waals surface area contributed by atoms with Crippen LogP contribution in [0.5, 0.6) is 0 Å². The molecular formula is C16H22N4O. The summed E-state index contributed by atoms with van der Waals surface area (Å²) in [6.45, 7) is 4.69. The fourth-order valence-electron chi connectivity index (χ4n) is 2.15. The molecule has 0 spiro atoms. The topological polar surface area (TPSA) is 59.0 Å². The molecule has 0 saturated carbocycles. The van der Waals surface area contributed by atoms with Gasteiger partial charge in [0.1, 0.15) is 0 Å². The summed E-state index contributed by atoms with van der Waals surface area (Å²) in [5, 5.41) is 10.6. The maximum absolute atomic E-state index is 11.3. The minimum Gasteiger partial charge on any atom is -0.381 e. The van der Waals surface area contributed by atoms with Crippen LogP contribution < -0.4 is 10.6 Å². The van der Waals surface area contributed by atoms with Crippen LogP contribution in [-0.2, 0) is 24.8 Å². The van der Waals surface area contributed by atoms with Crippen molar-refractivity contribution in [3.63, 3.8) is 0 Å². The highest BCUT2D eigenvalue weighted by Gasteiger charge is 2.05. The summed E-state index contributed by atoms with van der Waals surface area (Å²) in [5.41, 5.74) is 4.18. The average molecular weight is 286 g/mol. The van der Waals surface area contributed by atoms with Crippen LogP contribution in [0.25, 0.3) is 0 Å². The molecule has 0 aliphatic heterocycles. The molecule has 1 heterocycles. The van der Waals surface area contributed by atoms with Crippen molar-refractivity contribution in [1.29, 1.82) is 0 Å². The van der Waals surface area contributed by atoms with Gasteiger partial charge in [0.15, 0.2) is 0 Å². The zero-order valence-corrected chi connectivity index (χ0v) is 12.8. The third kappa shape index (κ3) is 4.08. The zero-order chi connectivity index (χ0) is 15.2. The minimum atomic E-state index is 0.0265. The molecule has 1 aromatic heterocycles. The molecule has 2 aromatic rings. The second kappa shape index (κ2) is 6.92. The fourth-order valence-corrected chi connectivity index (χ4v) is 2.15. The average Bonchev–Trinajstić information content (AvgIpc) is 2.86. The van der Waals surface area contributed by atoms with Crippen LogP contribution in [0, 0.1) is 0 Å². The number of aromatic nitrogens is 2. The van der Waals surface area contributed by atoms with E-state index in [4.69, 9.17) is 0 Å². The van der Waals surface area contributed by atoms with Crippen molar-refractivity contribution in [2.45, 2.75) is 33.2 Å². The fraction of sp³-hybridized carbons (Fsp3) is 0.375. The van der Waals surface area contributed by atoms with Gasteiger partial charge in [-0.3, -0.25) is 9.48 Å². The van der Waals surface area contributed by atoms with Crippen LogP contribution in [0.2, 0.25) is 0 Å². The van der Waals surface area contributed by atoms with Gasteiger partial charge >= 0.3 is 0 Å². The number of nitrogens with one attached hydrogen (secondary N) is 2. The van der Waals surface area contributed by atoms with E-state index in [9.17, 15) is 4.79 Å². The highest BCUT2D eigenvalue weighted by Crippen LogP contribution is 2.16. The second-order valence-electron chi connectivity index (χ2n) is 4.96. The monoisotopic (exact) mass is 286 g/mol. The molecule has 112 valence electrons. The lowest BCUT2D eigenvalue weighted by Gasteiger charge is -2.08. The summed E-state index contributed by atoms with van der Waals surface area (Å²) in [6.07, 6.45) is 3.46. The van der Waals surface area contributed by atoms with Gasteiger partial charge in [0.2, 0.25) is 5.91 Å². The molecule has 5 heteroatoms. The molecule has 0 bridgehead atoms. The van der Waals surface area contributed by atoms with E-state index >= 15 is 0 Å². The number of nitrogens with zero attached hydrogens (tertiary/aromatic N) is 2. The van der Waals surface area contributed by atoms with Crippen molar-refractivity contribution >= 4 is 17.3 Å². The van der Waals surface area contributed by atoms with E-state index in [-0.39, 0.29) is 5.91 Å². The molecule has 2 N–H and O–H groups in total. The van der Waals surface area contributed by atoms with Crippen LogP contribution in [0.3, 0.4) is 0 Å². The molecule has 2 rings (SSSR count). The molecule has 0 radical (unpaired) electrons. The van der Waals surface area contributed by atoms with Crippen LogP contribution >= 0.6 is 0 Å². The molecule has 21 heavy (non-hydrogen) atoms. The van der Waals surface area contributed by atoms with Crippen LogP contribution in [0.15, 0.2) is 30.5 Å². The lowest BCUT2D eigenvalue weighted by Crippen LogP contribution is -2.09. The second-order valence-corrected chi connectivity index (χ2v) is 4.96. The third-order valence-electron chi connectivity index (χ3n) is 3.30. The third-order valence-corrected chi connectivity index (χ3v) is 3.30. The van der Waals surface area contributed by atoms with E-state index < -0.39 is 0 Å². The predicted molar refractivity (Wildman–Crippen MR) is 85.3 cm³/mol. The largest absolute Gasteiger partial charge is 0.381 e. The summed E-state index contributed by atoms with van der Waals surface area (Å²) in [6, 6.07) is 7.74. The first-order valence-electron chi connectivity index (χ1n) is 7.27. The minimum absolute atomic E-state index is 0.0265. The quantitative estimate of drug-likeness (QED) is 0.858. The number of carbonyl (C=O) groups is 1. The van der Waals surface area contributed by atoms with Gasteiger partial charge in [-0.15, -0.1) is 0 Å². The van der Waals surface area contributed by atoms with Gasteiger partial charge in [0, 0.05) is 43.1 Å². The van der Waals surface area contributed by atoms with Gasteiger partial charge < -0.3 is 10.6 Å². The summed E-state index contributed by atoms with van der Waals surface area (Å²) >= 11 is 0. The Morgan fingerprint density at radius 3 is 2.48 bits per heavy atom. The Morgan fingerprint density at radius 1 is 1.19 bits per heavy atom. The van der Waals surface area contributed by atoms with Crippen LogP contribution in [0.4, 0.5) is 11.4 Å². The molecule has 0 atom stereocenters. The van der Waals surface area contributed by atoms with Crippen molar-refractivity contribution in [1.82, 2.24) is 9.78 Å². The summed E-state index contributed by atoms with van der Waals surface area (Å²) in [4.78, 5) is 11.3. The Labute approximate surface area is 125 Å². The SMILES string of the molecule is CCC(=O)Nc1ccc(NCc2cn(C)nc2CC)cc1. The van der Waals surface area contributed by atoms with E-state index in [1.807, 2.05) is 49.1 Å². The Balaban J connectivity index is 1.95. The number of carbonyl (C=O) groups excluding carboxylic acids is 1. The normalized spacial score (nSPS) is 10.4. The van der Waals surface area contributed by atoms with Crippen molar-refractivity contribution in [2.24, 2.45) is 7.05 Å². The Bertz CT molecular complexity index is 601. The highest BCUT2D eigenvalue weighted by molar-refractivity contribution is 5.90. The molecule has 0 aliphatic carbocycles. The summed E-state index contributed by atoms with van der Waals surface area (Å²) < 4.78 is 1.85. The van der Waals surface area contributed by atoms with Crippen molar-refractivity contribution < 1.29 is 4.79 Å². The lowest BCUT2D eigenvalue weighted by molar-refractivity contribution is -0.115. The smallest absolute Gasteiger partial charge is 0.224 e. The first-order chi connectivity index (χ1) is 10.1. The Morgan fingerprint density at radius 2 is 1.86 bits per heavy atom. The van der Waals surface area contributed by atoms with Gasteiger partial charge in [-0.1, -0.05) is 13.8 Å². The van der Waals surface area contributed by atoms with E-state index in [0.29, 0.717) is 6.42 Å². The molecule has 1 aromatic carbocycles. The zero-order valence-electron chi connectivity index (χ0n) is 12.8. The first kappa shape index (κ1) is 15.1. The molecule has 5 nitrogen and oxygen atoms in total. The van der Waals surface area contributed by atoms with Gasteiger partial charge in [-0.2, -0.15) is 5.10 Å². The summed E-state index contributed by atoms with van der Waals surface area (Å²) in [7, 11) is 1.94. The highest BCUT2D eigenvalue weighted by atomic mass is 16.1. The van der Waals surface area contributed by atoms with E-state index in [1.165, 1.54) is 5.56 Å². The van der Waals surface area contributed by atoms with E-state index in [2.05, 4.69) is 22.7 Å². The number of rotatable bonds is 6. The van der Waals surface area contributed by atoms with Gasteiger partial charge in [0.05, 0.1) is 5.69 Å². The maximum Gasteiger partial charge on any atom is 0.224 e. The number of hydrogen-bond acceptors (Lipinski definition) is 3. The molecule has 0 fully saturated rings. The molecular weight excluding hydrogens is 264 g/mol. The van der Waals surface area contributed by atoms with Crippen LogP contribution in [0.1, 0.15) is 31.5 Å². The molecule has 1 amide bonds. The molecule has 0 unspecified atom stereocenters. The lowest BCUT2D eigenvalue weighted by atomic mass is 10.2. The standard InChI is InChI=1S/C16H22N4O/c1-4-15-12(11-20(3)19-15)10-17-13-6-8-14(9-7-13)18-16(21)5-2/h6-9,11,17H,4-5,10H2,1-3H3,(H,18,21). The van der Waals surface area contributed by atoms with E-state index in [0.717, 1.165) is 30.0 Å². The number of hydrogen-bond donors (Lipinski definition) is 2. The van der Waals surface area contributed by atoms with Gasteiger partial charge in [-0.25, -0.2) is 0 Å². The molecule has 0 aliphatic rings. The predicted octanol–water partition coefficient (Wildman–Crippen LogP) is 2.94. The van der Waals surface area contributed by atoms with Crippen molar-refractivity contribution in [3.05, 3.63) is 41.7 Å². The van der Waals surface area contributed by atoms with E-state index in [1.54, 1.807) is 0 Å². The maximum atomic E-state index is 11.3. The number of anilines is 2. The van der Waals surface area contributed by atoms with Crippen molar-refractivity contribution in [2.75, 3.05) is 10.6 Å². The first-order valence-corrected chi connectivity index (χ1v) is 7.27. The Kier molecular flexibility index (Phi) is 4.98. The van der Waals surface area contributed by atoms with Crippen LogP contribution in [-0.4, -0.2) is 15.7 Å². The number of aryl methyl sites for hydroxylation is 2. The number of amides is 1. The van der Waals surface area contributed by atoms with Gasteiger partial charge in [0.25, 0.3) is 0 Å². The van der Waals surface area contributed by atoms with Crippen molar-refractivity contribution in [3.8, 4) is 0 Å². The summed E-state index contributed by atoms with van der Waals surface area (Å²) in [5.74, 6) is 0.0265. The number of benzene rings is 1. The molecule has 0 saturated heterocycles. The van der Waals surface area contributed by atoms with Gasteiger partial charge in [-0.05, 0) is 30.7 Å². The Hall–Kier alpha value is -2.30.